The minimum absolute atomic E-state index is 0.0250. The van der Waals surface area contributed by atoms with Crippen LogP contribution in [0.2, 0.25) is 0 Å². The van der Waals surface area contributed by atoms with Crippen LogP contribution in [0.25, 0.3) is 11.3 Å². The summed E-state index contributed by atoms with van der Waals surface area (Å²) < 4.78 is 77.8. The van der Waals surface area contributed by atoms with Gasteiger partial charge in [0.1, 0.15) is 6.61 Å². The van der Waals surface area contributed by atoms with Crippen LogP contribution in [0.5, 0.6) is 5.88 Å². The van der Waals surface area contributed by atoms with E-state index in [9.17, 15) is 31.2 Å². The van der Waals surface area contributed by atoms with Crippen LogP contribution in [0.15, 0.2) is 53.4 Å². The Morgan fingerprint density at radius 3 is 2.29 bits per heavy atom. The molecule has 0 unspecified atom stereocenters. The number of amides is 2. The minimum atomic E-state index is -4.52. The zero-order chi connectivity index (χ0) is 35.5. The summed E-state index contributed by atoms with van der Waals surface area (Å²) in [7, 11) is -1.77. The molecule has 0 spiro atoms. The number of benzene rings is 2. The van der Waals surface area contributed by atoms with E-state index in [1.807, 2.05) is 32.0 Å². The average Bonchev–Trinajstić information content (AvgIpc) is 3.85. The molecule has 1 aromatic heterocycles. The third-order valence-corrected chi connectivity index (χ3v) is 10.2. The van der Waals surface area contributed by atoms with Gasteiger partial charge in [-0.05, 0) is 88.1 Å². The van der Waals surface area contributed by atoms with Crippen LogP contribution in [-0.2, 0) is 15.4 Å². The molecule has 2 saturated carbocycles. The van der Waals surface area contributed by atoms with Gasteiger partial charge < -0.3 is 25.4 Å². The number of nitrogen functional groups attached to an aromatic ring is 1. The number of thiol groups is 1. The molecule has 0 aliphatic heterocycles. The van der Waals surface area contributed by atoms with Crippen molar-refractivity contribution < 1.29 is 40.7 Å². The van der Waals surface area contributed by atoms with Gasteiger partial charge in [-0.15, -0.1) is 0 Å². The van der Waals surface area contributed by atoms with Crippen molar-refractivity contribution in [3.63, 3.8) is 0 Å². The Bertz CT molecular complexity index is 1740. The molecule has 3 aromatic rings. The van der Waals surface area contributed by atoms with Gasteiger partial charge in [-0.25, -0.2) is 18.2 Å². The number of hydrogen-bond donors (Lipinski definition) is 3. The first-order valence-electron chi connectivity index (χ1n) is 16.0. The lowest BCUT2D eigenvalue weighted by Gasteiger charge is -2.42. The standard InChI is InChI=1S/C34H40F3N5O6S/c1-20-6-4-7-21(2)29(20)27-17-28(41-31(38)40-27)48-19-25(18-33(14-15-33)34(35,36)37)42(24-12-10-23(11-13-24)39-32(44)47-3)30(43)22-8-5-9-26(16-22)49(45)46/h4-9,16-17,23-25,49H,10-15,18-19H2,1-3H3,(H,39,44)(H2,38,40,41)/t23?,24?,25-/m1/s1. The van der Waals surface area contributed by atoms with Gasteiger partial charge in [-0.2, -0.15) is 18.2 Å². The van der Waals surface area contributed by atoms with Crippen molar-refractivity contribution in [2.24, 2.45) is 5.41 Å². The molecule has 5 rings (SSSR count). The Kier molecular flexibility index (Phi) is 10.7. The fraction of sp³-hybridized carbons (Fsp3) is 0.471. The zero-order valence-corrected chi connectivity index (χ0v) is 28.4. The molecule has 11 nitrogen and oxygen atoms in total. The van der Waals surface area contributed by atoms with Gasteiger partial charge in [0, 0.05) is 29.3 Å². The Labute approximate surface area is 284 Å². The monoisotopic (exact) mass is 703 g/mol. The van der Waals surface area contributed by atoms with Gasteiger partial charge in [0.05, 0.1) is 29.2 Å². The van der Waals surface area contributed by atoms with Crippen molar-refractivity contribution >= 4 is 28.7 Å². The third kappa shape index (κ3) is 8.26. The molecule has 0 bridgehead atoms. The first-order chi connectivity index (χ1) is 23.2. The lowest BCUT2D eigenvalue weighted by Crippen LogP contribution is -2.53. The molecule has 49 heavy (non-hydrogen) atoms. The number of halogens is 3. The van der Waals surface area contributed by atoms with Crippen LogP contribution in [0.3, 0.4) is 0 Å². The molecule has 1 atom stereocenters. The number of alkyl halides is 3. The van der Waals surface area contributed by atoms with E-state index in [0.29, 0.717) is 31.4 Å². The van der Waals surface area contributed by atoms with Crippen molar-refractivity contribution in [2.75, 3.05) is 19.5 Å². The van der Waals surface area contributed by atoms with Crippen LogP contribution < -0.4 is 15.8 Å². The van der Waals surface area contributed by atoms with E-state index >= 15 is 0 Å². The summed E-state index contributed by atoms with van der Waals surface area (Å²) in [5.41, 5.74) is 7.25. The highest BCUT2D eigenvalue weighted by atomic mass is 32.2. The molecule has 264 valence electrons. The van der Waals surface area contributed by atoms with E-state index < -0.39 is 52.8 Å². The van der Waals surface area contributed by atoms with Gasteiger partial charge >= 0.3 is 12.3 Å². The number of carbonyl (C=O) groups excluding carboxylic acids is 2. The zero-order valence-electron chi connectivity index (χ0n) is 27.5. The molecule has 15 heteroatoms. The van der Waals surface area contributed by atoms with Crippen molar-refractivity contribution in [3.8, 4) is 17.1 Å². The van der Waals surface area contributed by atoms with E-state index in [2.05, 4.69) is 15.3 Å². The number of aromatic nitrogens is 2. The first-order valence-corrected chi connectivity index (χ1v) is 17.2. The highest BCUT2D eigenvalue weighted by Crippen LogP contribution is 2.61. The number of carbonyl (C=O) groups is 2. The van der Waals surface area contributed by atoms with Crippen LogP contribution in [0.1, 0.15) is 66.4 Å². The van der Waals surface area contributed by atoms with E-state index in [1.54, 1.807) is 6.07 Å². The quantitative estimate of drug-likeness (QED) is 0.217. The number of anilines is 1. The van der Waals surface area contributed by atoms with E-state index in [1.165, 1.54) is 36.3 Å². The molecule has 0 saturated heterocycles. The summed E-state index contributed by atoms with van der Waals surface area (Å²) >= 11 is 0. The van der Waals surface area contributed by atoms with Crippen molar-refractivity contribution in [2.45, 2.75) is 88.0 Å². The Hall–Kier alpha value is -4.40. The third-order valence-electron chi connectivity index (χ3n) is 9.49. The second kappa shape index (κ2) is 14.6. The lowest BCUT2D eigenvalue weighted by molar-refractivity contribution is -0.193. The van der Waals surface area contributed by atoms with E-state index in [0.717, 1.165) is 16.7 Å². The first kappa shape index (κ1) is 35.9. The number of rotatable bonds is 11. The van der Waals surface area contributed by atoms with Gasteiger partial charge in [-0.3, -0.25) is 4.79 Å². The second-order valence-electron chi connectivity index (χ2n) is 12.8. The van der Waals surface area contributed by atoms with E-state index in [4.69, 9.17) is 15.2 Å². The van der Waals surface area contributed by atoms with Gasteiger partial charge in [0.25, 0.3) is 5.91 Å². The lowest BCUT2D eigenvalue weighted by atomic mass is 9.87. The Balaban J connectivity index is 1.52. The summed E-state index contributed by atoms with van der Waals surface area (Å²) in [5.74, 6) is -0.669. The molecule has 2 aromatic carbocycles. The summed E-state index contributed by atoms with van der Waals surface area (Å²) in [6, 6.07) is 10.9. The summed E-state index contributed by atoms with van der Waals surface area (Å²) in [6.45, 7) is 3.49. The molecular formula is C34H40F3N5O6S. The number of methoxy groups -OCH3 is 1. The maximum atomic E-state index is 14.5. The number of nitrogens with one attached hydrogen (secondary N) is 1. The highest BCUT2D eigenvalue weighted by Gasteiger charge is 2.64. The predicted molar refractivity (Wildman–Crippen MR) is 176 cm³/mol. The number of nitrogens with zero attached hydrogens (tertiary/aromatic N) is 3. The topological polar surface area (TPSA) is 154 Å². The fourth-order valence-electron chi connectivity index (χ4n) is 6.74. The number of alkyl carbamates (subject to hydrolysis) is 1. The van der Waals surface area contributed by atoms with Crippen molar-refractivity contribution in [1.82, 2.24) is 20.2 Å². The molecule has 2 amide bonds. The van der Waals surface area contributed by atoms with Crippen molar-refractivity contribution in [3.05, 3.63) is 65.2 Å². The van der Waals surface area contributed by atoms with Crippen LogP contribution in [0.4, 0.5) is 23.9 Å². The van der Waals surface area contributed by atoms with Crippen LogP contribution >= 0.6 is 0 Å². The molecule has 1 heterocycles. The second-order valence-corrected chi connectivity index (χ2v) is 13.9. The van der Waals surface area contributed by atoms with Gasteiger partial charge in [-0.1, -0.05) is 24.3 Å². The summed E-state index contributed by atoms with van der Waals surface area (Å²) in [5, 5.41) is 2.75. The molecule has 3 N–H and O–H groups in total. The Morgan fingerprint density at radius 1 is 1.04 bits per heavy atom. The molecule has 2 fully saturated rings. The minimum Gasteiger partial charge on any atom is -0.475 e. The predicted octanol–water partition coefficient (Wildman–Crippen LogP) is 5.60. The van der Waals surface area contributed by atoms with Crippen LogP contribution in [0, 0.1) is 19.3 Å². The molecule has 2 aliphatic rings. The van der Waals surface area contributed by atoms with Crippen molar-refractivity contribution in [1.29, 1.82) is 0 Å². The highest BCUT2D eigenvalue weighted by molar-refractivity contribution is 7.72. The molecule has 0 radical (unpaired) electrons. The SMILES string of the molecule is COC(=O)NC1CCC(N(C(=O)c2cccc([SH](=O)=O)c2)[C@@H](COc2cc(-c3c(C)cccc3C)nc(N)n2)CC2(C(F)(F)F)CC2)CC1. The normalized spacial score (nSPS) is 19.2. The fourth-order valence-corrected chi connectivity index (χ4v) is 7.20. The Morgan fingerprint density at radius 2 is 1.69 bits per heavy atom. The van der Waals surface area contributed by atoms with E-state index in [-0.39, 0.29) is 47.8 Å². The number of ether oxygens (including phenoxy) is 2. The number of hydrogen-bond acceptors (Lipinski definition) is 9. The average molecular weight is 704 g/mol. The van der Waals surface area contributed by atoms with Crippen LogP contribution in [-0.4, -0.2) is 73.3 Å². The number of nitrogens with two attached hydrogens (primary N) is 1. The summed E-state index contributed by atoms with van der Waals surface area (Å²) in [6.07, 6.45) is -4.12. The summed E-state index contributed by atoms with van der Waals surface area (Å²) in [4.78, 5) is 36.1. The van der Waals surface area contributed by atoms with Gasteiger partial charge in [0.15, 0.2) is 10.7 Å². The van der Waals surface area contributed by atoms with Gasteiger partial charge in [0.2, 0.25) is 11.8 Å². The molecule has 2 aliphatic carbocycles. The number of aryl methyl sites for hydroxylation is 2. The largest absolute Gasteiger partial charge is 0.475 e. The maximum absolute atomic E-state index is 14.5. The molecular weight excluding hydrogens is 663 g/mol. The smallest absolute Gasteiger partial charge is 0.407 e. The maximum Gasteiger partial charge on any atom is 0.407 e.